The van der Waals surface area contributed by atoms with E-state index >= 15 is 0 Å². The van der Waals surface area contributed by atoms with Gasteiger partial charge in [0.2, 0.25) is 0 Å². The van der Waals surface area contributed by atoms with Crippen LogP contribution in [0.15, 0.2) is 6.07 Å². The number of pyridine rings is 1. The summed E-state index contributed by atoms with van der Waals surface area (Å²) in [6, 6.07) is 2.35. The molecule has 0 bridgehead atoms. The van der Waals surface area contributed by atoms with Crippen molar-refractivity contribution in [3.8, 4) is 0 Å². The molecule has 0 atom stereocenters. The average Bonchev–Trinajstić information content (AvgIpc) is 2.80. The first-order chi connectivity index (χ1) is 6.90. The van der Waals surface area contributed by atoms with E-state index in [2.05, 4.69) is 26.3 Å². The van der Waals surface area contributed by atoms with Gasteiger partial charge in [-0.25, -0.2) is 0 Å². The topological polar surface area (TPSA) is 32.1 Å². The van der Waals surface area contributed by atoms with Crippen LogP contribution in [-0.2, 0) is 6.54 Å². The first-order valence-electron chi connectivity index (χ1n) is 4.17. The van der Waals surface area contributed by atoms with Gasteiger partial charge in [0.25, 0.3) is 0 Å². The molecule has 0 amide bonds. The number of nitrogens with zero attached hydrogens (tertiary/aromatic N) is 3. The summed E-state index contributed by atoms with van der Waals surface area (Å²) in [6.45, 7) is 3.17. The standard InChI is InChI=1S/C7H8N3S2Se2/c1-2-10-6-4(13-11-8-6)3-5-7(10)9-12-14-5/h3,11-12H,2H2,1H3/q+1. The molecular weight excluding hydrogens is 348 g/mol. The molecule has 0 aliphatic rings. The third-order valence-electron chi connectivity index (χ3n) is 2.08. The van der Waals surface area contributed by atoms with Gasteiger partial charge in [0.05, 0.1) is 0 Å². The molecule has 3 rings (SSSR count). The summed E-state index contributed by atoms with van der Waals surface area (Å²) in [7, 11) is 2.51. The van der Waals surface area contributed by atoms with Crippen LogP contribution in [0.5, 0.6) is 0 Å². The zero-order valence-corrected chi connectivity index (χ0v) is 12.6. The Hall–Kier alpha value is 0.229. The minimum absolute atomic E-state index is 0.552. The van der Waals surface area contributed by atoms with Crippen LogP contribution in [0.3, 0.4) is 0 Å². The summed E-state index contributed by atoms with van der Waals surface area (Å²) in [4.78, 5) is 0. The monoisotopic (exact) mass is 358 g/mol. The molecule has 14 heavy (non-hydrogen) atoms. The van der Waals surface area contributed by atoms with Crippen LogP contribution in [0.2, 0.25) is 0 Å². The molecule has 0 spiro atoms. The molecule has 3 aromatic heterocycles. The molecule has 0 saturated carbocycles. The molecule has 3 aromatic rings. The SMILES string of the molecule is CC[n+]1c2[n-][sH+][se]c2cc2[se][sH+][n-]c21. The molecule has 0 aliphatic carbocycles. The van der Waals surface area contributed by atoms with Crippen molar-refractivity contribution < 1.29 is 4.57 Å². The fraction of sp³-hybridized carbons (Fsp3) is 0.286. The Bertz CT molecular complexity index is 554. The Kier molecular flexibility index (Phi) is 2.48. The zero-order valence-electron chi connectivity index (χ0n) is 7.34. The second kappa shape index (κ2) is 3.67. The summed E-state index contributed by atoms with van der Waals surface area (Å²) in [5, 5.41) is 0. The Balaban J connectivity index is 2.59. The molecule has 3 nitrogen and oxygen atoms in total. The van der Waals surface area contributed by atoms with E-state index in [0.29, 0.717) is 26.7 Å². The third kappa shape index (κ3) is 1.32. The van der Waals surface area contributed by atoms with Crippen molar-refractivity contribution in [2.45, 2.75) is 13.5 Å². The number of fused-ring (bicyclic) bond motifs is 2. The predicted octanol–water partition coefficient (Wildman–Crippen LogP) is 0.0408. The zero-order chi connectivity index (χ0) is 9.54. The molecule has 0 saturated heterocycles. The Morgan fingerprint density at radius 3 is 2.29 bits per heavy atom. The average molecular weight is 356 g/mol. The van der Waals surface area contributed by atoms with E-state index < -0.39 is 0 Å². The van der Waals surface area contributed by atoms with Crippen LogP contribution >= 0.6 is 19.8 Å². The Labute approximate surface area is 98.6 Å². The van der Waals surface area contributed by atoms with Gasteiger partial charge in [0.1, 0.15) is 0 Å². The predicted molar refractivity (Wildman–Crippen MR) is 64.0 cm³/mol. The van der Waals surface area contributed by atoms with E-state index in [1.165, 1.54) is 39.6 Å². The van der Waals surface area contributed by atoms with Crippen LogP contribution < -0.4 is 13.3 Å². The molecule has 0 unspecified atom stereocenters. The van der Waals surface area contributed by atoms with Gasteiger partial charge in [-0.3, -0.25) is 0 Å². The van der Waals surface area contributed by atoms with Crippen molar-refractivity contribution in [2.24, 2.45) is 0 Å². The van der Waals surface area contributed by atoms with Gasteiger partial charge in [-0.15, -0.1) is 0 Å². The number of aryl methyl sites for hydroxylation is 1. The molecule has 7 heteroatoms. The molecular formula is C7H8N3S2Se2+. The van der Waals surface area contributed by atoms with Crippen molar-refractivity contribution in [2.75, 3.05) is 0 Å². The van der Waals surface area contributed by atoms with E-state index in [9.17, 15) is 0 Å². The summed E-state index contributed by atoms with van der Waals surface area (Å²) in [5.74, 6) is 0. The fourth-order valence-corrected chi connectivity index (χ4v) is 8.69. The third-order valence-corrected chi connectivity index (χ3v) is 8.97. The molecule has 0 aromatic carbocycles. The normalized spacial score (nSPS) is 11.5. The van der Waals surface area contributed by atoms with Crippen molar-refractivity contribution in [3.63, 3.8) is 0 Å². The van der Waals surface area contributed by atoms with Crippen molar-refractivity contribution in [1.29, 1.82) is 0 Å². The second-order valence-electron chi connectivity index (χ2n) is 2.81. The van der Waals surface area contributed by atoms with E-state index in [0.717, 1.165) is 6.54 Å². The number of rotatable bonds is 1. The van der Waals surface area contributed by atoms with E-state index in [4.69, 9.17) is 0 Å². The minimum atomic E-state index is 0.552. The number of aromatic nitrogens is 3. The molecule has 74 valence electrons. The number of hydrogen-bond acceptors (Lipinski definition) is 0. The van der Waals surface area contributed by atoms with E-state index in [1.807, 2.05) is 0 Å². The van der Waals surface area contributed by atoms with Crippen molar-refractivity contribution in [3.05, 3.63) is 6.07 Å². The summed E-state index contributed by atoms with van der Waals surface area (Å²) in [5.41, 5.74) is 2.40. The van der Waals surface area contributed by atoms with E-state index in [1.54, 1.807) is 0 Å². The first-order valence-corrected chi connectivity index (χ1v) is 12.0. The van der Waals surface area contributed by atoms with Gasteiger partial charge in [-0.1, -0.05) is 0 Å². The maximum atomic E-state index is 4.55. The van der Waals surface area contributed by atoms with Gasteiger partial charge in [0, 0.05) is 0 Å². The van der Waals surface area contributed by atoms with Crippen LogP contribution in [-0.4, -0.2) is 26.7 Å². The molecule has 0 N–H and O–H groups in total. The quantitative estimate of drug-likeness (QED) is 0.350. The van der Waals surface area contributed by atoms with Crippen molar-refractivity contribution in [1.82, 2.24) is 8.75 Å². The fourth-order valence-electron chi connectivity index (χ4n) is 1.46. The Morgan fingerprint density at radius 2 is 1.79 bits per heavy atom. The second-order valence-corrected chi connectivity index (χ2v) is 10.1. The number of hydrogen-bond donors (Lipinski definition) is 0. The molecule has 0 fully saturated rings. The van der Waals surface area contributed by atoms with Crippen LogP contribution in [0.4, 0.5) is 0 Å². The van der Waals surface area contributed by atoms with Gasteiger partial charge >= 0.3 is 99.2 Å². The maximum absolute atomic E-state index is 4.55. The molecule has 0 radical (unpaired) electrons. The first kappa shape index (κ1) is 9.45. The van der Waals surface area contributed by atoms with Crippen LogP contribution in [0, 0.1) is 0 Å². The van der Waals surface area contributed by atoms with Gasteiger partial charge in [0.15, 0.2) is 0 Å². The summed E-state index contributed by atoms with van der Waals surface area (Å²) >= 11 is 1.10. The van der Waals surface area contributed by atoms with Crippen LogP contribution in [0.25, 0.3) is 19.8 Å². The summed E-state index contributed by atoms with van der Waals surface area (Å²) in [6.07, 6.45) is 0. The molecule has 0 aliphatic heterocycles. The Morgan fingerprint density at radius 1 is 1.21 bits per heavy atom. The van der Waals surface area contributed by atoms with Crippen molar-refractivity contribution >= 4 is 66.3 Å². The van der Waals surface area contributed by atoms with Gasteiger partial charge < -0.3 is 0 Å². The van der Waals surface area contributed by atoms with Gasteiger partial charge in [-0.2, -0.15) is 0 Å². The van der Waals surface area contributed by atoms with Crippen LogP contribution in [0.1, 0.15) is 6.92 Å². The summed E-state index contributed by atoms with van der Waals surface area (Å²) < 4.78 is 14.4. The van der Waals surface area contributed by atoms with E-state index in [-0.39, 0.29) is 0 Å². The molecule has 3 heterocycles. The van der Waals surface area contributed by atoms with Gasteiger partial charge in [-0.05, 0) is 0 Å².